The highest BCUT2D eigenvalue weighted by molar-refractivity contribution is 5.96. The average Bonchev–Trinajstić information content (AvgIpc) is 3.07. The van der Waals surface area contributed by atoms with Crippen LogP contribution in [0.25, 0.3) is 22.2 Å². The summed E-state index contributed by atoms with van der Waals surface area (Å²) in [5.74, 6) is 0.749. The molecule has 0 amide bonds. The van der Waals surface area contributed by atoms with Gasteiger partial charge < -0.3 is 15.2 Å². The highest BCUT2D eigenvalue weighted by Crippen LogP contribution is 2.41. The Morgan fingerprint density at radius 2 is 2.25 bits per heavy atom. The summed E-state index contributed by atoms with van der Waals surface area (Å²) in [6.45, 7) is 5.24. The zero-order valence-electron chi connectivity index (χ0n) is 13.1. The molecule has 4 rings (SSSR count). The Hall–Kier alpha value is -2.70. The lowest BCUT2D eigenvalue weighted by Gasteiger charge is -2.25. The van der Waals surface area contributed by atoms with Gasteiger partial charge in [0.2, 0.25) is 0 Å². The lowest BCUT2D eigenvalue weighted by atomic mass is 9.90. The van der Waals surface area contributed by atoms with E-state index in [-0.39, 0.29) is 0 Å². The molecule has 1 aliphatic heterocycles. The zero-order valence-corrected chi connectivity index (χ0v) is 13.1. The molecule has 24 heavy (non-hydrogen) atoms. The van der Waals surface area contributed by atoms with Crippen LogP contribution in [-0.2, 0) is 6.54 Å². The largest absolute Gasteiger partial charge is 0.489 e. The van der Waals surface area contributed by atoms with Gasteiger partial charge in [-0.2, -0.15) is 5.10 Å². The van der Waals surface area contributed by atoms with Crippen molar-refractivity contribution in [3.8, 4) is 16.9 Å². The summed E-state index contributed by atoms with van der Waals surface area (Å²) in [5, 5.41) is 21.7. The fraction of sp³-hybridized carbons (Fsp3) is 0.222. The maximum Gasteiger partial charge on any atom is 0.156 e. The van der Waals surface area contributed by atoms with Crippen LogP contribution in [0.1, 0.15) is 17.4 Å². The van der Waals surface area contributed by atoms with E-state index >= 15 is 0 Å². The normalized spacial score (nSPS) is 16.8. The minimum absolute atomic E-state index is 0.420. The number of aromatic amines is 1. The summed E-state index contributed by atoms with van der Waals surface area (Å²) in [6, 6.07) is 7.81. The van der Waals surface area contributed by atoms with Gasteiger partial charge >= 0.3 is 0 Å². The SMILES string of the molecule is C=CCOc1ccccc1-c1c2c(nc3[nH]ncc13)CNCC2O. The zero-order chi connectivity index (χ0) is 16.5. The molecule has 3 aromatic rings. The maximum absolute atomic E-state index is 10.6. The number of nitrogens with zero attached hydrogens (tertiary/aromatic N) is 2. The van der Waals surface area contributed by atoms with E-state index in [9.17, 15) is 5.11 Å². The van der Waals surface area contributed by atoms with Gasteiger partial charge in [-0.1, -0.05) is 30.9 Å². The van der Waals surface area contributed by atoms with E-state index in [2.05, 4.69) is 27.1 Å². The summed E-state index contributed by atoms with van der Waals surface area (Å²) in [6.07, 6.45) is 2.84. The number of H-pyrrole nitrogens is 1. The van der Waals surface area contributed by atoms with E-state index in [0.29, 0.717) is 25.3 Å². The number of nitrogens with one attached hydrogen (secondary N) is 2. The van der Waals surface area contributed by atoms with Crippen molar-refractivity contribution >= 4 is 11.0 Å². The number of ether oxygens (including phenoxy) is 1. The summed E-state index contributed by atoms with van der Waals surface area (Å²) in [7, 11) is 0. The molecule has 0 aliphatic carbocycles. The van der Waals surface area contributed by atoms with Crippen LogP contribution in [0.4, 0.5) is 0 Å². The Morgan fingerprint density at radius 3 is 3.12 bits per heavy atom. The van der Waals surface area contributed by atoms with Crippen LogP contribution in [0.5, 0.6) is 5.75 Å². The number of hydrogen-bond acceptors (Lipinski definition) is 5. The standard InChI is InChI=1S/C18H18N4O2/c1-2-7-24-15-6-4-3-5-11(15)16-12-8-20-22-18(12)21-13-9-19-10-14(23)17(13)16/h2-6,8,14,19,23H,1,7,9-10H2,(H,20,21,22). The quantitative estimate of drug-likeness (QED) is 0.642. The summed E-state index contributed by atoms with van der Waals surface area (Å²) in [5.41, 5.74) is 4.23. The molecule has 1 aliphatic rings. The van der Waals surface area contributed by atoms with Crippen molar-refractivity contribution < 1.29 is 9.84 Å². The smallest absolute Gasteiger partial charge is 0.156 e. The van der Waals surface area contributed by atoms with Gasteiger partial charge in [0, 0.05) is 35.2 Å². The second kappa shape index (κ2) is 6.07. The number of pyridine rings is 1. The molecule has 0 fully saturated rings. The van der Waals surface area contributed by atoms with Crippen molar-refractivity contribution in [3.05, 3.63) is 54.4 Å². The van der Waals surface area contributed by atoms with Gasteiger partial charge in [-0.3, -0.25) is 5.10 Å². The number of aliphatic hydroxyl groups excluding tert-OH is 1. The Morgan fingerprint density at radius 1 is 1.38 bits per heavy atom. The molecule has 1 aromatic carbocycles. The lowest BCUT2D eigenvalue weighted by Crippen LogP contribution is -2.29. The molecule has 0 radical (unpaired) electrons. The van der Waals surface area contributed by atoms with Crippen molar-refractivity contribution in [3.63, 3.8) is 0 Å². The minimum Gasteiger partial charge on any atom is -0.489 e. The third kappa shape index (κ3) is 2.36. The van der Waals surface area contributed by atoms with E-state index < -0.39 is 6.10 Å². The van der Waals surface area contributed by atoms with E-state index in [4.69, 9.17) is 4.74 Å². The molecule has 122 valence electrons. The second-order valence-corrected chi connectivity index (χ2v) is 5.72. The molecule has 3 heterocycles. The van der Waals surface area contributed by atoms with Crippen molar-refractivity contribution in [2.45, 2.75) is 12.6 Å². The molecular weight excluding hydrogens is 304 g/mol. The monoisotopic (exact) mass is 322 g/mol. The van der Waals surface area contributed by atoms with Gasteiger partial charge in [0.15, 0.2) is 5.65 Å². The Bertz CT molecular complexity index is 903. The van der Waals surface area contributed by atoms with E-state index in [1.54, 1.807) is 12.3 Å². The predicted octanol–water partition coefficient (Wildman–Crippen LogP) is 2.33. The van der Waals surface area contributed by atoms with Crippen LogP contribution in [0.2, 0.25) is 0 Å². The van der Waals surface area contributed by atoms with Gasteiger partial charge in [0.05, 0.1) is 18.0 Å². The van der Waals surface area contributed by atoms with Crippen LogP contribution < -0.4 is 10.1 Å². The fourth-order valence-corrected chi connectivity index (χ4v) is 3.19. The van der Waals surface area contributed by atoms with E-state index in [1.807, 2.05) is 24.3 Å². The topological polar surface area (TPSA) is 83.1 Å². The molecule has 6 heteroatoms. The highest BCUT2D eigenvalue weighted by Gasteiger charge is 2.27. The van der Waals surface area contributed by atoms with Crippen molar-refractivity contribution in [1.29, 1.82) is 0 Å². The molecule has 0 bridgehead atoms. The second-order valence-electron chi connectivity index (χ2n) is 5.72. The first kappa shape index (κ1) is 14.9. The molecule has 0 saturated carbocycles. The first-order chi connectivity index (χ1) is 11.8. The molecule has 1 atom stereocenters. The van der Waals surface area contributed by atoms with Gasteiger partial charge in [0.25, 0.3) is 0 Å². The molecule has 0 saturated heterocycles. The Balaban J connectivity index is 2.01. The molecule has 0 spiro atoms. The average molecular weight is 322 g/mol. The van der Waals surface area contributed by atoms with Gasteiger partial charge in [-0.15, -0.1) is 0 Å². The summed E-state index contributed by atoms with van der Waals surface area (Å²) >= 11 is 0. The molecular formula is C18H18N4O2. The highest BCUT2D eigenvalue weighted by atomic mass is 16.5. The number of para-hydroxylation sites is 1. The third-order valence-corrected chi connectivity index (χ3v) is 4.19. The van der Waals surface area contributed by atoms with Crippen LogP contribution in [0.15, 0.2) is 43.1 Å². The van der Waals surface area contributed by atoms with Crippen LogP contribution >= 0.6 is 0 Å². The van der Waals surface area contributed by atoms with E-state index in [0.717, 1.165) is 33.5 Å². The van der Waals surface area contributed by atoms with E-state index in [1.165, 1.54) is 0 Å². The summed E-state index contributed by atoms with van der Waals surface area (Å²) < 4.78 is 5.83. The van der Waals surface area contributed by atoms with Crippen LogP contribution in [0.3, 0.4) is 0 Å². The number of aliphatic hydroxyl groups is 1. The molecule has 3 N–H and O–H groups in total. The number of benzene rings is 1. The van der Waals surface area contributed by atoms with Crippen molar-refractivity contribution in [2.75, 3.05) is 13.2 Å². The number of β-amino-alcohol motifs (C(OH)–C–C–N with tert-alkyl or cyclic N) is 1. The molecule has 2 aromatic heterocycles. The molecule has 1 unspecified atom stereocenters. The maximum atomic E-state index is 10.6. The predicted molar refractivity (Wildman–Crippen MR) is 91.7 cm³/mol. The van der Waals surface area contributed by atoms with Crippen molar-refractivity contribution in [2.24, 2.45) is 0 Å². The Labute approximate surface area is 139 Å². The third-order valence-electron chi connectivity index (χ3n) is 4.19. The van der Waals surface area contributed by atoms with Gasteiger partial charge in [-0.25, -0.2) is 4.98 Å². The van der Waals surface area contributed by atoms with Gasteiger partial charge in [0.1, 0.15) is 12.4 Å². The number of aromatic nitrogens is 3. The van der Waals surface area contributed by atoms with Crippen LogP contribution in [0, 0.1) is 0 Å². The number of fused-ring (bicyclic) bond motifs is 2. The van der Waals surface area contributed by atoms with Gasteiger partial charge in [-0.05, 0) is 6.07 Å². The van der Waals surface area contributed by atoms with Crippen LogP contribution in [-0.4, -0.2) is 33.4 Å². The summed E-state index contributed by atoms with van der Waals surface area (Å²) in [4.78, 5) is 4.61. The van der Waals surface area contributed by atoms with Crippen molar-refractivity contribution in [1.82, 2.24) is 20.5 Å². The molecule has 6 nitrogen and oxygen atoms in total. The Kier molecular flexibility index (Phi) is 3.76. The first-order valence-corrected chi connectivity index (χ1v) is 7.87. The minimum atomic E-state index is -0.622. The lowest BCUT2D eigenvalue weighted by molar-refractivity contribution is 0.165. The number of rotatable bonds is 4. The first-order valence-electron chi connectivity index (χ1n) is 7.87. The fourth-order valence-electron chi connectivity index (χ4n) is 3.19. The number of hydrogen-bond donors (Lipinski definition) is 3.